The fourth-order valence-electron chi connectivity index (χ4n) is 5.26. The highest BCUT2D eigenvalue weighted by Crippen LogP contribution is 2.48. The van der Waals surface area contributed by atoms with Crippen molar-refractivity contribution in [1.82, 2.24) is 5.32 Å². The quantitative estimate of drug-likeness (QED) is 0.758. The van der Waals surface area contributed by atoms with Crippen molar-refractivity contribution in [2.45, 2.75) is 43.6 Å². The van der Waals surface area contributed by atoms with Crippen LogP contribution in [0.1, 0.15) is 37.7 Å². The number of hydrogen-bond acceptors (Lipinski definition) is 4. The van der Waals surface area contributed by atoms with Crippen molar-refractivity contribution >= 4 is 23.2 Å². The Labute approximate surface area is 153 Å². The third kappa shape index (κ3) is 2.39. The molecule has 1 aromatic carbocycles. The molecule has 1 saturated carbocycles. The summed E-state index contributed by atoms with van der Waals surface area (Å²) in [5.41, 5.74) is 2.34. The summed E-state index contributed by atoms with van der Waals surface area (Å²) in [6.07, 6.45) is 5.32. The molecule has 26 heavy (non-hydrogen) atoms. The number of carbonyl (C=O) groups excluding carboxylic acids is 2. The third-order valence-corrected chi connectivity index (χ3v) is 6.74. The monoisotopic (exact) mass is 355 g/mol. The number of carbonyl (C=O) groups is 2. The maximum absolute atomic E-state index is 12.8. The van der Waals surface area contributed by atoms with Gasteiger partial charge in [0.15, 0.2) is 0 Å². The molecule has 1 aromatic rings. The molecule has 0 bridgehead atoms. The Bertz CT molecular complexity index is 757. The predicted octanol–water partition coefficient (Wildman–Crippen LogP) is 2.01. The Balaban J connectivity index is 1.38. The first-order valence-corrected chi connectivity index (χ1v) is 9.76. The number of benzene rings is 1. The van der Waals surface area contributed by atoms with Crippen molar-refractivity contribution in [2.75, 3.05) is 30.3 Å². The molecule has 0 aromatic heterocycles. The summed E-state index contributed by atoms with van der Waals surface area (Å²) < 4.78 is 5.75. The standard InChI is InChI=1S/C20H25N3O3/c24-18(14-11-26-17-10-21-9-13(14)17)22-12-4-5-16-15(8-12)20(19(25)23-16)6-2-1-3-7-20/h4-5,8,13-14,17,21H,1-3,6-7,9-11H2,(H,22,24)(H,23,25)/t13-,14-,17-/m1/s1. The molecule has 3 heterocycles. The van der Waals surface area contributed by atoms with E-state index >= 15 is 0 Å². The van der Waals surface area contributed by atoms with Gasteiger partial charge in [0.05, 0.1) is 24.0 Å². The summed E-state index contributed by atoms with van der Waals surface area (Å²) in [4.78, 5) is 25.4. The van der Waals surface area contributed by atoms with Crippen LogP contribution < -0.4 is 16.0 Å². The Hall–Kier alpha value is -1.92. The zero-order chi connectivity index (χ0) is 17.7. The van der Waals surface area contributed by atoms with Crippen LogP contribution in [-0.4, -0.2) is 37.6 Å². The molecule has 2 saturated heterocycles. The second kappa shape index (κ2) is 6.06. The van der Waals surface area contributed by atoms with Crippen molar-refractivity contribution in [3.63, 3.8) is 0 Å². The van der Waals surface area contributed by atoms with Gasteiger partial charge in [-0.15, -0.1) is 0 Å². The summed E-state index contributed by atoms with van der Waals surface area (Å²) in [6, 6.07) is 5.83. The molecule has 6 heteroatoms. The fraction of sp³-hybridized carbons (Fsp3) is 0.600. The van der Waals surface area contributed by atoms with E-state index in [1.807, 2.05) is 18.2 Å². The number of ether oxygens (including phenoxy) is 1. The first-order chi connectivity index (χ1) is 12.7. The molecule has 3 atom stereocenters. The molecule has 4 aliphatic rings. The number of hydrogen-bond donors (Lipinski definition) is 3. The number of amides is 2. The minimum atomic E-state index is -0.398. The van der Waals surface area contributed by atoms with Crippen molar-refractivity contribution < 1.29 is 14.3 Å². The molecule has 3 aliphatic heterocycles. The number of fused-ring (bicyclic) bond motifs is 3. The van der Waals surface area contributed by atoms with Crippen molar-refractivity contribution in [2.24, 2.45) is 11.8 Å². The molecule has 3 N–H and O–H groups in total. The largest absolute Gasteiger partial charge is 0.376 e. The van der Waals surface area contributed by atoms with Crippen molar-refractivity contribution in [1.29, 1.82) is 0 Å². The summed E-state index contributed by atoms with van der Waals surface area (Å²) in [5.74, 6) is 0.305. The van der Waals surface area contributed by atoms with E-state index in [1.165, 1.54) is 6.42 Å². The number of rotatable bonds is 2. The summed E-state index contributed by atoms with van der Waals surface area (Å²) in [7, 11) is 0. The SMILES string of the molecule is O=C(Nc1ccc2c(c1)C1(CCCCC1)C(=O)N2)[C@@H]1CO[C@@H]2CNC[C@@H]21. The van der Waals surface area contributed by atoms with Crippen molar-refractivity contribution in [3.8, 4) is 0 Å². The Kier molecular flexibility index (Phi) is 3.79. The minimum Gasteiger partial charge on any atom is -0.376 e. The Morgan fingerprint density at radius 1 is 1.19 bits per heavy atom. The molecule has 1 spiro atoms. The van der Waals surface area contributed by atoms with E-state index in [-0.39, 0.29) is 29.8 Å². The van der Waals surface area contributed by atoms with Gasteiger partial charge < -0.3 is 20.7 Å². The van der Waals surface area contributed by atoms with Gasteiger partial charge >= 0.3 is 0 Å². The summed E-state index contributed by atoms with van der Waals surface area (Å²) in [6.45, 7) is 2.18. The maximum Gasteiger partial charge on any atom is 0.235 e. The molecular formula is C20H25N3O3. The van der Waals surface area contributed by atoms with Crippen LogP contribution in [0.2, 0.25) is 0 Å². The van der Waals surface area contributed by atoms with Gasteiger partial charge in [0.25, 0.3) is 0 Å². The molecule has 3 fully saturated rings. The zero-order valence-electron chi connectivity index (χ0n) is 14.8. The van der Waals surface area contributed by atoms with E-state index in [4.69, 9.17) is 4.74 Å². The van der Waals surface area contributed by atoms with Crippen molar-refractivity contribution in [3.05, 3.63) is 23.8 Å². The highest BCUT2D eigenvalue weighted by molar-refractivity contribution is 6.07. The first-order valence-electron chi connectivity index (χ1n) is 9.76. The minimum absolute atomic E-state index is 0.0242. The first kappa shape index (κ1) is 16.3. The second-order valence-corrected chi connectivity index (χ2v) is 8.15. The average Bonchev–Trinajstić information content (AvgIpc) is 3.32. The van der Waals surface area contributed by atoms with Crippen LogP contribution >= 0.6 is 0 Å². The van der Waals surface area contributed by atoms with E-state index in [9.17, 15) is 9.59 Å². The maximum atomic E-state index is 12.8. The van der Waals surface area contributed by atoms with Crippen LogP contribution in [0.15, 0.2) is 18.2 Å². The average molecular weight is 355 g/mol. The lowest BCUT2D eigenvalue weighted by molar-refractivity contribution is -0.122. The molecule has 2 amide bonds. The molecule has 138 valence electrons. The third-order valence-electron chi connectivity index (χ3n) is 6.74. The molecule has 0 radical (unpaired) electrons. The molecule has 5 rings (SSSR count). The lowest BCUT2D eigenvalue weighted by Gasteiger charge is -2.31. The van der Waals surface area contributed by atoms with Gasteiger partial charge in [0.1, 0.15) is 0 Å². The lowest BCUT2D eigenvalue weighted by Crippen LogP contribution is -2.36. The van der Waals surface area contributed by atoms with E-state index in [1.54, 1.807) is 0 Å². The van der Waals surface area contributed by atoms with E-state index < -0.39 is 5.41 Å². The van der Waals surface area contributed by atoms with Gasteiger partial charge in [0.2, 0.25) is 11.8 Å². The number of anilines is 2. The smallest absolute Gasteiger partial charge is 0.235 e. The topological polar surface area (TPSA) is 79.5 Å². The number of nitrogens with one attached hydrogen (secondary N) is 3. The van der Waals surface area contributed by atoms with E-state index in [0.29, 0.717) is 6.61 Å². The highest BCUT2D eigenvalue weighted by atomic mass is 16.5. The van der Waals surface area contributed by atoms with Gasteiger partial charge in [-0.3, -0.25) is 9.59 Å². The highest BCUT2D eigenvalue weighted by Gasteiger charge is 2.47. The van der Waals surface area contributed by atoms with Gasteiger partial charge in [-0.1, -0.05) is 19.3 Å². The molecule has 0 unspecified atom stereocenters. The van der Waals surface area contributed by atoms with Gasteiger partial charge in [0, 0.05) is 30.4 Å². The van der Waals surface area contributed by atoms with E-state index in [2.05, 4.69) is 16.0 Å². The van der Waals surface area contributed by atoms with Gasteiger partial charge in [-0.05, 0) is 36.6 Å². The van der Waals surface area contributed by atoms with Crippen LogP contribution in [0.3, 0.4) is 0 Å². The lowest BCUT2D eigenvalue weighted by atomic mass is 9.70. The van der Waals surface area contributed by atoms with Crippen LogP contribution in [0.25, 0.3) is 0 Å². The summed E-state index contributed by atoms with van der Waals surface area (Å²) in [5, 5.41) is 9.42. The van der Waals surface area contributed by atoms with Gasteiger partial charge in [-0.2, -0.15) is 0 Å². The Morgan fingerprint density at radius 3 is 2.88 bits per heavy atom. The van der Waals surface area contributed by atoms with Crippen LogP contribution in [0, 0.1) is 11.8 Å². The Morgan fingerprint density at radius 2 is 2.04 bits per heavy atom. The van der Waals surface area contributed by atoms with Crippen LogP contribution in [-0.2, 0) is 19.7 Å². The van der Waals surface area contributed by atoms with Crippen LogP contribution in [0.4, 0.5) is 11.4 Å². The zero-order valence-corrected chi connectivity index (χ0v) is 14.8. The summed E-state index contributed by atoms with van der Waals surface area (Å²) >= 11 is 0. The molecular weight excluding hydrogens is 330 g/mol. The second-order valence-electron chi connectivity index (χ2n) is 8.15. The van der Waals surface area contributed by atoms with Gasteiger partial charge in [-0.25, -0.2) is 0 Å². The fourth-order valence-corrected chi connectivity index (χ4v) is 5.26. The predicted molar refractivity (Wildman–Crippen MR) is 98.1 cm³/mol. The van der Waals surface area contributed by atoms with E-state index in [0.717, 1.165) is 55.7 Å². The van der Waals surface area contributed by atoms with Crippen LogP contribution in [0.5, 0.6) is 0 Å². The normalized spacial score (nSPS) is 31.5. The molecule has 6 nitrogen and oxygen atoms in total. The molecule has 1 aliphatic carbocycles.